The summed E-state index contributed by atoms with van der Waals surface area (Å²) in [4.78, 5) is 12.9. The molecule has 0 bridgehead atoms. The van der Waals surface area contributed by atoms with Crippen molar-refractivity contribution in [3.63, 3.8) is 0 Å². The molecule has 33 heavy (non-hydrogen) atoms. The van der Waals surface area contributed by atoms with Gasteiger partial charge in [0.2, 0.25) is 0 Å². The van der Waals surface area contributed by atoms with Crippen LogP contribution in [0.15, 0.2) is 102 Å². The van der Waals surface area contributed by atoms with Gasteiger partial charge >= 0.3 is 0 Å². The predicted molar refractivity (Wildman–Crippen MR) is 133 cm³/mol. The van der Waals surface area contributed by atoms with Gasteiger partial charge in [0.15, 0.2) is 0 Å². The van der Waals surface area contributed by atoms with Crippen LogP contribution < -0.4 is 9.62 Å². The molecule has 4 rings (SSSR count). The maximum absolute atomic E-state index is 13.4. The number of sulfonamides is 1. The first-order valence-corrected chi connectivity index (χ1v) is 12.3. The molecule has 0 aromatic heterocycles. The number of carbonyl (C=O) groups is 1. The molecular weight excluding hydrogens is 432 g/mol. The highest BCUT2D eigenvalue weighted by molar-refractivity contribution is 7.92. The molecule has 168 valence electrons. The van der Waals surface area contributed by atoms with Gasteiger partial charge in [-0.1, -0.05) is 66.2 Å². The molecule has 0 atom stereocenters. The third kappa shape index (κ3) is 5.23. The van der Waals surface area contributed by atoms with Crippen LogP contribution in [0.1, 0.15) is 22.3 Å². The van der Waals surface area contributed by atoms with E-state index in [1.807, 2.05) is 61.5 Å². The summed E-state index contributed by atoms with van der Waals surface area (Å²) in [5.74, 6) is -0.173. The standard InChI is InChI=1S/C27H26N2O3S/c1-21-12-16-26(17-13-21)33(31,32)29(25-10-3-2-4-11-25)19-7-18-28-27(30)24-15-14-22-8-5-6-9-23(22)20-24/h2-6,8-17,20H,7,18-19H2,1H3,(H,28,30). The van der Waals surface area contributed by atoms with Crippen LogP contribution in [0.25, 0.3) is 10.8 Å². The second-order valence-electron chi connectivity index (χ2n) is 7.90. The van der Waals surface area contributed by atoms with Gasteiger partial charge in [-0.25, -0.2) is 8.42 Å². The molecule has 0 unspecified atom stereocenters. The molecule has 0 aliphatic heterocycles. The number of amides is 1. The van der Waals surface area contributed by atoms with Gasteiger partial charge < -0.3 is 5.32 Å². The Kier molecular flexibility index (Phi) is 6.75. The van der Waals surface area contributed by atoms with Gasteiger partial charge in [-0.3, -0.25) is 9.10 Å². The van der Waals surface area contributed by atoms with Crippen molar-refractivity contribution in [3.05, 3.63) is 108 Å². The summed E-state index contributed by atoms with van der Waals surface area (Å²) in [7, 11) is -3.73. The molecule has 4 aromatic rings. The molecule has 0 heterocycles. The molecule has 5 nitrogen and oxygen atoms in total. The van der Waals surface area contributed by atoms with E-state index < -0.39 is 10.0 Å². The van der Waals surface area contributed by atoms with Crippen LogP contribution >= 0.6 is 0 Å². The first-order chi connectivity index (χ1) is 15.9. The Bertz CT molecular complexity index is 1350. The van der Waals surface area contributed by atoms with Gasteiger partial charge in [0, 0.05) is 18.7 Å². The van der Waals surface area contributed by atoms with E-state index in [4.69, 9.17) is 0 Å². The number of aryl methyl sites for hydroxylation is 1. The second kappa shape index (κ2) is 9.88. The van der Waals surface area contributed by atoms with Gasteiger partial charge in [-0.2, -0.15) is 0 Å². The van der Waals surface area contributed by atoms with Crippen molar-refractivity contribution in [2.24, 2.45) is 0 Å². The number of hydrogen-bond donors (Lipinski definition) is 1. The maximum Gasteiger partial charge on any atom is 0.264 e. The summed E-state index contributed by atoms with van der Waals surface area (Å²) in [6.45, 7) is 2.53. The third-order valence-corrected chi connectivity index (χ3v) is 7.33. The van der Waals surface area contributed by atoms with Crippen molar-refractivity contribution in [2.45, 2.75) is 18.2 Å². The fraction of sp³-hybridized carbons (Fsp3) is 0.148. The van der Waals surface area contributed by atoms with Crippen molar-refractivity contribution in [3.8, 4) is 0 Å². The highest BCUT2D eigenvalue weighted by atomic mass is 32.2. The molecule has 0 spiro atoms. The number of fused-ring (bicyclic) bond motifs is 1. The zero-order chi connectivity index (χ0) is 23.3. The number of hydrogen-bond acceptors (Lipinski definition) is 3. The molecule has 0 radical (unpaired) electrons. The van der Waals surface area contributed by atoms with Crippen LogP contribution in [-0.4, -0.2) is 27.4 Å². The van der Waals surface area contributed by atoms with Crippen LogP contribution in [0.4, 0.5) is 5.69 Å². The average molecular weight is 459 g/mol. The average Bonchev–Trinajstić information content (AvgIpc) is 2.84. The monoisotopic (exact) mass is 458 g/mol. The molecule has 6 heteroatoms. The Morgan fingerprint density at radius 2 is 1.48 bits per heavy atom. The Labute approximate surface area is 194 Å². The summed E-state index contributed by atoms with van der Waals surface area (Å²) < 4.78 is 28.1. The number of rotatable bonds is 8. The van der Waals surface area contributed by atoms with Crippen molar-refractivity contribution >= 4 is 32.4 Å². The molecule has 0 aliphatic carbocycles. The van der Waals surface area contributed by atoms with Crippen LogP contribution in [0.5, 0.6) is 0 Å². The van der Waals surface area contributed by atoms with Crippen molar-refractivity contribution in [1.29, 1.82) is 0 Å². The fourth-order valence-electron chi connectivity index (χ4n) is 3.68. The highest BCUT2D eigenvalue weighted by Gasteiger charge is 2.24. The van der Waals surface area contributed by atoms with E-state index in [1.54, 1.807) is 42.5 Å². The van der Waals surface area contributed by atoms with Gasteiger partial charge in [-0.15, -0.1) is 0 Å². The zero-order valence-corrected chi connectivity index (χ0v) is 19.3. The maximum atomic E-state index is 13.4. The summed E-state index contributed by atoms with van der Waals surface area (Å²) in [5.41, 5.74) is 2.18. The van der Waals surface area contributed by atoms with E-state index in [0.717, 1.165) is 16.3 Å². The van der Waals surface area contributed by atoms with Crippen molar-refractivity contribution in [1.82, 2.24) is 5.32 Å². The molecule has 4 aromatic carbocycles. The number of benzene rings is 4. The molecule has 1 amide bonds. The molecule has 0 saturated heterocycles. The Hall–Kier alpha value is -3.64. The first-order valence-electron chi connectivity index (χ1n) is 10.9. The normalized spacial score (nSPS) is 11.3. The van der Waals surface area contributed by atoms with E-state index in [-0.39, 0.29) is 17.3 Å². The topological polar surface area (TPSA) is 66.5 Å². The smallest absolute Gasteiger partial charge is 0.264 e. The highest BCUT2D eigenvalue weighted by Crippen LogP contribution is 2.24. The largest absolute Gasteiger partial charge is 0.352 e. The Morgan fingerprint density at radius 3 is 2.21 bits per heavy atom. The number of carbonyl (C=O) groups excluding carboxylic acids is 1. The van der Waals surface area contributed by atoms with Crippen LogP contribution in [0.2, 0.25) is 0 Å². The zero-order valence-electron chi connectivity index (χ0n) is 18.4. The lowest BCUT2D eigenvalue weighted by molar-refractivity contribution is 0.0953. The van der Waals surface area contributed by atoms with E-state index in [1.165, 1.54) is 4.31 Å². The van der Waals surface area contributed by atoms with E-state index in [2.05, 4.69) is 5.32 Å². The Balaban J connectivity index is 1.45. The molecular formula is C27H26N2O3S. The van der Waals surface area contributed by atoms with Crippen LogP contribution in [-0.2, 0) is 10.0 Å². The molecule has 1 N–H and O–H groups in total. The Morgan fingerprint density at radius 1 is 0.818 bits per heavy atom. The summed E-state index contributed by atoms with van der Waals surface area (Å²) in [6.07, 6.45) is 0.472. The van der Waals surface area contributed by atoms with E-state index >= 15 is 0 Å². The first kappa shape index (κ1) is 22.6. The van der Waals surface area contributed by atoms with Gasteiger partial charge in [0.05, 0.1) is 10.6 Å². The van der Waals surface area contributed by atoms with Gasteiger partial charge in [-0.05, 0) is 60.5 Å². The number of nitrogens with zero attached hydrogens (tertiary/aromatic N) is 1. The third-order valence-electron chi connectivity index (χ3n) is 5.49. The minimum Gasteiger partial charge on any atom is -0.352 e. The van der Waals surface area contributed by atoms with E-state index in [9.17, 15) is 13.2 Å². The summed E-state index contributed by atoms with van der Waals surface area (Å²) in [6, 6.07) is 29.3. The summed E-state index contributed by atoms with van der Waals surface area (Å²) in [5, 5.41) is 4.99. The number of nitrogens with one attached hydrogen (secondary N) is 1. The van der Waals surface area contributed by atoms with Gasteiger partial charge in [0.1, 0.15) is 0 Å². The lowest BCUT2D eigenvalue weighted by atomic mass is 10.1. The minimum atomic E-state index is -3.73. The molecule has 0 saturated carbocycles. The van der Waals surface area contributed by atoms with Gasteiger partial charge in [0.25, 0.3) is 15.9 Å². The summed E-state index contributed by atoms with van der Waals surface area (Å²) >= 11 is 0. The minimum absolute atomic E-state index is 0.173. The van der Waals surface area contributed by atoms with Crippen molar-refractivity contribution in [2.75, 3.05) is 17.4 Å². The quantitative estimate of drug-likeness (QED) is 0.371. The van der Waals surface area contributed by atoms with E-state index in [0.29, 0.717) is 24.2 Å². The lowest BCUT2D eigenvalue weighted by Crippen LogP contribution is -2.34. The predicted octanol–water partition coefficient (Wildman–Crippen LogP) is 5.16. The number of anilines is 1. The SMILES string of the molecule is Cc1ccc(S(=O)(=O)N(CCCNC(=O)c2ccc3ccccc3c2)c2ccccc2)cc1. The van der Waals surface area contributed by atoms with Crippen molar-refractivity contribution < 1.29 is 13.2 Å². The van der Waals surface area contributed by atoms with Crippen LogP contribution in [0, 0.1) is 6.92 Å². The second-order valence-corrected chi connectivity index (χ2v) is 9.76. The number of para-hydroxylation sites is 1. The van der Waals surface area contributed by atoms with Crippen LogP contribution in [0.3, 0.4) is 0 Å². The lowest BCUT2D eigenvalue weighted by Gasteiger charge is -2.24. The fourth-order valence-corrected chi connectivity index (χ4v) is 5.18. The molecule has 0 fully saturated rings. The molecule has 0 aliphatic rings.